The van der Waals surface area contributed by atoms with Gasteiger partial charge in [0.2, 0.25) is 0 Å². The Morgan fingerprint density at radius 3 is 2.09 bits per heavy atom. The standard InChI is InChI=1S/C13H13F4N3O2S/c1-7-4-8(14)9(5-10(7)23-6-13(15,16)17)20-11(21)18(2)19(3)12(20)22/h4-5H,6H2,1-3H3. The number of hydrogen-bond acceptors (Lipinski definition) is 3. The lowest BCUT2D eigenvalue weighted by atomic mass is 10.2. The first-order chi connectivity index (χ1) is 10.5. The van der Waals surface area contributed by atoms with E-state index in [1.54, 1.807) is 0 Å². The maximum atomic E-state index is 14.1. The van der Waals surface area contributed by atoms with Crippen LogP contribution in [0.2, 0.25) is 0 Å². The molecule has 1 aromatic carbocycles. The van der Waals surface area contributed by atoms with Gasteiger partial charge in [0.05, 0.1) is 11.4 Å². The minimum Gasteiger partial charge on any atom is -0.246 e. The van der Waals surface area contributed by atoms with Crippen molar-refractivity contribution < 1.29 is 17.6 Å². The fourth-order valence-corrected chi connectivity index (χ4v) is 2.76. The number of rotatable bonds is 3. The van der Waals surface area contributed by atoms with Crippen LogP contribution in [0.4, 0.5) is 17.6 Å². The molecule has 5 nitrogen and oxygen atoms in total. The van der Waals surface area contributed by atoms with Crippen LogP contribution in [0.1, 0.15) is 5.56 Å². The molecule has 0 saturated heterocycles. The number of hydrogen-bond donors (Lipinski definition) is 0. The summed E-state index contributed by atoms with van der Waals surface area (Å²) in [5, 5.41) is 0. The number of aromatic nitrogens is 3. The molecule has 1 heterocycles. The summed E-state index contributed by atoms with van der Waals surface area (Å²) in [7, 11) is 2.65. The van der Waals surface area contributed by atoms with Crippen LogP contribution in [0.5, 0.6) is 0 Å². The summed E-state index contributed by atoms with van der Waals surface area (Å²) in [4.78, 5) is 24.2. The maximum Gasteiger partial charge on any atom is 0.398 e. The molecule has 0 amide bonds. The fourth-order valence-electron chi connectivity index (χ4n) is 1.96. The Labute approximate surface area is 132 Å². The van der Waals surface area contributed by atoms with Gasteiger partial charge in [-0.05, 0) is 24.6 Å². The van der Waals surface area contributed by atoms with Gasteiger partial charge in [-0.2, -0.15) is 13.2 Å². The summed E-state index contributed by atoms with van der Waals surface area (Å²) in [5.41, 5.74) is -1.65. The van der Waals surface area contributed by atoms with Crippen LogP contribution >= 0.6 is 11.8 Å². The van der Waals surface area contributed by atoms with Gasteiger partial charge in [-0.3, -0.25) is 0 Å². The molecule has 0 N–H and O–H groups in total. The maximum absolute atomic E-state index is 14.1. The van der Waals surface area contributed by atoms with Crippen LogP contribution < -0.4 is 11.4 Å². The lowest BCUT2D eigenvalue weighted by Gasteiger charge is -2.11. The Kier molecular flexibility index (Phi) is 4.47. The molecule has 0 aliphatic rings. The average Bonchev–Trinajstić information content (AvgIpc) is 2.62. The van der Waals surface area contributed by atoms with Crippen molar-refractivity contribution in [3.63, 3.8) is 0 Å². The molecule has 126 valence electrons. The fraction of sp³-hybridized carbons (Fsp3) is 0.385. The van der Waals surface area contributed by atoms with E-state index in [2.05, 4.69) is 0 Å². The van der Waals surface area contributed by atoms with Crippen LogP contribution in [0.25, 0.3) is 5.69 Å². The second-order valence-corrected chi connectivity index (χ2v) is 5.94. The zero-order valence-electron chi connectivity index (χ0n) is 12.4. The van der Waals surface area contributed by atoms with Crippen LogP contribution in [0.3, 0.4) is 0 Å². The molecule has 23 heavy (non-hydrogen) atoms. The SMILES string of the molecule is Cc1cc(F)c(-n2c(=O)n(C)n(C)c2=O)cc1SCC(F)(F)F. The minimum absolute atomic E-state index is 0.150. The zero-order valence-corrected chi connectivity index (χ0v) is 13.3. The molecule has 2 rings (SSSR count). The highest BCUT2D eigenvalue weighted by Gasteiger charge is 2.28. The third-order valence-corrected chi connectivity index (χ3v) is 4.49. The third kappa shape index (κ3) is 3.36. The largest absolute Gasteiger partial charge is 0.398 e. The van der Waals surface area contributed by atoms with E-state index in [0.717, 1.165) is 21.5 Å². The molecule has 0 aliphatic heterocycles. The molecule has 0 saturated carbocycles. The molecule has 0 fully saturated rings. The van der Waals surface area contributed by atoms with Crippen molar-refractivity contribution in [2.45, 2.75) is 18.0 Å². The van der Waals surface area contributed by atoms with Gasteiger partial charge < -0.3 is 0 Å². The number of thioether (sulfide) groups is 1. The van der Waals surface area contributed by atoms with Crippen molar-refractivity contribution >= 4 is 11.8 Å². The van der Waals surface area contributed by atoms with Crippen LogP contribution in [0.15, 0.2) is 26.6 Å². The quantitative estimate of drug-likeness (QED) is 0.628. The Hall–Kier alpha value is -1.97. The van der Waals surface area contributed by atoms with Gasteiger partial charge in [0.15, 0.2) is 0 Å². The van der Waals surface area contributed by atoms with E-state index >= 15 is 0 Å². The second-order valence-electron chi connectivity index (χ2n) is 4.92. The lowest BCUT2D eigenvalue weighted by molar-refractivity contribution is -0.105. The summed E-state index contributed by atoms with van der Waals surface area (Å²) >= 11 is 0.472. The van der Waals surface area contributed by atoms with Crippen LogP contribution in [0, 0.1) is 12.7 Å². The smallest absolute Gasteiger partial charge is 0.246 e. The van der Waals surface area contributed by atoms with Crippen molar-refractivity contribution in [3.8, 4) is 5.69 Å². The Morgan fingerprint density at radius 1 is 1.09 bits per heavy atom. The van der Waals surface area contributed by atoms with E-state index in [4.69, 9.17) is 0 Å². The molecule has 10 heteroatoms. The normalized spacial score (nSPS) is 12.0. The summed E-state index contributed by atoms with van der Waals surface area (Å²) in [6, 6.07) is 2.09. The van der Waals surface area contributed by atoms with Gasteiger partial charge in [-0.15, -0.1) is 11.8 Å². The first-order valence-electron chi connectivity index (χ1n) is 6.38. The van der Waals surface area contributed by atoms with Gasteiger partial charge in [0.25, 0.3) is 0 Å². The van der Waals surface area contributed by atoms with Crippen molar-refractivity contribution in [1.29, 1.82) is 0 Å². The number of halogens is 4. The predicted octanol–water partition coefficient (Wildman–Crippen LogP) is 1.98. The van der Waals surface area contributed by atoms with E-state index in [9.17, 15) is 27.2 Å². The summed E-state index contributed by atoms with van der Waals surface area (Å²) in [6.45, 7) is 1.46. The molecule has 0 unspecified atom stereocenters. The summed E-state index contributed by atoms with van der Waals surface area (Å²) in [6.07, 6.45) is -4.38. The number of nitrogens with zero attached hydrogens (tertiary/aromatic N) is 3. The highest BCUT2D eigenvalue weighted by atomic mass is 32.2. The average molecular weight is 351 g/mol. The molecular formula is C13H13F4N3O2S. The third-order valence-electron chi connectivity index (χ3n) is 3.26. The van der Waals surface area contributed by atoms with Gasteiger partial charge in [-0.25, -0.2) is 27.9 Å². The van der Waals surface area contributed by atoms with E-state index in [-0.39, 0.29) is 10.6 Å². The monoisotopic (exact) mass is 351 g/mol. The molecule has 0 bridgehead atoms. The number of benzene rings is 1. The summed E-state index contributed by atoms with van der Waals surface area (Å²) < 4.78 is 53.7. The first kappa shape index (κ1) is 17.4. The van der Waals surface area contributed by atoms with Gasteiger partial charge in [0, 0.05) is 19.0 Å². The van der Waals surface area contributed by atoms with Crippen molar-refractivity contribution in [1.82, 2.24) is 13.9 Å². The molecule has 1 aromatic heterocycles. The van der Waals surface area contributed by atoms with Crippen LogP contribution in [-0.2, 0) is 14.1 Å². The predicted molar refractivity (Wildman–Crippen MR) is 77.7 cm³/mol. The van der Waals surface area contributed by atoms with Crippen molar-refractivity contribution in [2.24, 2.45) is 14.1 Å². The Morgan fingerprint density at radius 2 is 1.61 bits per heavy atom. The molecule has 0 atom stereocenters. The molecule has 0 spiro atoms. The highest BCUT2D eigenvalue weighted by molar-refractivity contribution is 7.99. The molecule has 2 aromatic rings. The Bertz CT molecular complexity index is 830. The summed E-state index contributed by atoms with van der Waals surface area (Å²) in [5.74, 6) is -2.01. The van der Waals surface area contributed by atoms with Crippen molar-refractivity contribution in [3.05, 3.63) is 44.5 Å². The zero-order chi connectivity index (χ0) is 17.5. The van der Waals surface area contributed by atoms with Gasteiger partial charge >= 0.3 is 17.6 Å². The topological polar surface area (TPSA) is 48.9 Å². The van der Waals surface area contributed by atoms with Crippen molar-refractivity contribution in [2.75, 3.05) is 5.75 Å². The van der Waals surface area contributed by atoms with E-state index in [1.807, 2.05) is 0 Å². The molecular weight excluding hydrogens is 338 g/mol. The number of aryl methyl sites for hydroxylation is 1. The van der Waals surface area contributed by atoms with E-state index in [0.29, 0.717) is 21.9 Å². The highest BCUT2D eigenvalue weighted by Crippen LogP contribution is 2.31. The molecule has 0 aliphatic carbocycles. The minimum atomic E-state index is -4.38. The Balaban J connectivity index is 2.59. The van der Waals surface area contributed by atoms with Crippen LogP contribution in [-0.4, -0.2) is 25.9 Å². The molecule has 0 radical (unpaired) electrons. The first-order valence-corrected chi connectivity index (χ1v) is 7.36. The van der Waals surface area contributed by atoms with Gasteiger partial charge in [-0.1, -0.05) is 0 Å². The van der Waals surface area contributed by atoms with E-state index in [1.165, 1.54) is 21.0 Å². The van der Waals surface area contributed by atoms with Gasteiger partial charge in [0.1, 0.15) is 5.82 Å². The number of alkyl halides is 3. The second kappa shape index (κ2) is 5.91. The lowest BCUT2D eigenvalue weighted by Crippen LogP contribution is -2.27. The van der Waals surface area contributed by atoms with E-state index < -0.39 is 29.1 Å².